The van der Waals surface area contributed by atoms with Crippen molar-refractivity contribution in [2.45, 2.75) is 13.0 Å². The van der Waals surface area contributed by atoms with Crippen molar-refractivity contribution in [3.05, 3.63) is 28.8 Å². The van der Waals surface area contributed by atoms with Crippen molar-refractivity contribution in [3.63, 3.8) is 0 Å². The fourth-order valence-corrected chi connectivity index (χ4v) is 1.34. The first-order valence-corrected chi connectivity index (χ1v) is 4.64. The molecule has 0 spiro atoms. The molecule has 3 N–H and O–H groups in total. The summed E-state index contributed by atoms with van der Waals surface area (Å²) in [5.41, 5.74) is 6.57. The minimum atomic E-state index is -0.405. The number of hydrogen-bond donors (Lipinski definition) is 2. The molecule has 0 radical (unpaired) electrons. The Morgan fingerprint density at radius 2 is 2.31 bits per heavy atom. The zero-order chi connectivity index (χ0) is 12.1. The second-order valence-electron chi connectivity index (χ2n) is 3.22. The van der Waals surface area contributed by atoms with Crippen LogP contribution >= 0.6 is 0 Å². The molecule has 0 saturated heterocycles. The number of rotatable bonds is 3. The van der Waals surface area contributed by atoms with Crippen LogP contribution in [-0.4, -0.2) is 18.2 Å². The van der Waals surface area contributed by atoms with Crippen LogP contribution in [0.25, 0.3) is 0 Å². The van der Waals surface area contributed by atoms with E-state index in [0.717, 1.165) is 0 Å². The van der Waals surface area contributed by atoms with E-state index in [9.17, 15) is 9.90 Å². The third-order valence-corrected chi connectivity index (χ3v) is 2.17. The van der Waals surface area contributed by atoms with Crippen LogP contribution in [0.15, 0.2) is 12.1 Å². The molecular formula is C11H12N2O3. The molecule has 5 nitrogen and oxygen atoms in total. The summed E-state index contributed by atoms with van der Waals surface area (Å²) < 4.78 is 4.52. The van der Waals surface area contributed by atoms with Crippen LogP contribution in [0.3, 0.4) is 0 Å². The highest BCUT2D eigenvalue weighted by atomic mass is 16.5. The highest BCUT2D eigenvalue weighted by Crippen LogP contribution is 2.24. The number of phenols is 1. The zero-order valence-electron chi connectivity index (χ0n) is 8.86. The Morgan fingerprint density at radius 3 is 2.81 bits per heavy atom. The van der Waals surface area contributed by atoms with Gasteiger partial charge >= 0.3 is 5.97 Å². The third kappa shape index (κ3) is 2.49. The molecule has 0 aromatic heterocycles. The largest absolute Gasteiger partial charge is 0.506 e. The quantitative estimate of drug-likeness (QED) is 0.720. The van der Waals surface area contributed by atoms with E-state index in [1.807, 2.05) is 6.07 Å². The predicted molar refractivity (Wildman–Crippen MR) is 56.4 cm³/mol. The van der Waals surface area contributed by atoms with Gasteiger partial charge in [0.05, 0.1) is 19.1 Å². The highest BCUT2D eigenvalue weighted by molar-refractivity contribution is 5.73. The number of methoxy groups -OCH3 is 1. The lowest BCUT2D eigenvalue weighted by atomic mass is 10.0. The Kier molecular flexibility index (Phi) is 3.86. The fourth-order valence-electron chi connectivity index (χ4n) is 1.34. The summed E-state index contributed by atoms with van der Waals surface area (Å²) in [4.78, 5) is 11.1. The molecule has 1 aromatic carbocycles. The van der Waals surface area contributed by atoms with Gasteiger partial charge in [-0.1, -0.05) is 6.07 Å². The van der Waals surface area contributed by atoms with Crippen LogP contribution in [0, 0.1) is 11.3 Å². The van der Waals surface area contributed by atoms with E-state index in [2.05, 4.69) is 4.74 Å². The van der Waals surface area contributed by atoms with Crippen LogP contribution < -0.4 is 5.73 Å². The average Bonchev–Trinajstić information content (AvgIpc) is 2.30. The van der Waals surface area contributed by atoms with Gasteiger partial charge in [0.2, 0.25) is 0 Å². The van der Waals surface area contributed by atoms with Crippen LogP contribution in [0.1, 0.15) is 16.7 Å². The van der Waals surface area contributed by atoms with E-state index in [1.54, 1.807) is 6.07 Å². The summed E-state index contributed by atoms with van der Waals surface area (Å²) >= 11 is 0. The Bertz CT molecular complexity index is 449. The molecular weight excluding hydrogens is 208 g/mol. The van der Waals surface area contributed by atoms with Crippen molar-refractivity contribution in [3.8, 4) is 11.8 Å². The Labute approximate surface area is 93.1 Å². The number of esters is 1. The summed E-state index contributed by atoms with van der Waals surface area (Å²) in [6.07, 6.45) is 0.0540. The molecule has 0 atom stereocenters. The zero-order valence-corrected chi connectivity index (χ0v) is 8.86. The molecule has 0 saturated carbocycles. The Hall–Kier alpha value is -2.06. The van der Waals surface area contributed by atoms with Crippen molar-refractivity contribution >= 4 is 5.97 Å². The number of phenolic OH excluding ortho intramolecular Hbond substituents is 1. The molecule has 0 aliphatic rings. The summed E-state index contributed by atoms with van der Waals surface area (Å²) in [7, 11) is 1.29. The van der Waals surface area contributed by atoms with E-state index < -0.39 is 5.97 Å². The smallest absolute Gasteiger partial charge is 0.309 e. The number of nitriles is 1. The number of nitrogens with two attached hydrogens (primary N) is 1. The van der Waals surface area contributed by atoms with Gasteiger partial charge in [0.25, 0.3) is 0 Å². The number of carbonyl (C=O) groups excluding carboxylic acids is 1. The topological polar surface area (TPSA) is 96.3 Å². The van der Waals surface area contributed by atoms with Crippen molar-refractivity contribution in [2.24, 2.45) is 5.73 Å². The van der Waals surface area contributed by atoms with Gasteiger partial charge in [0.1, 0.15) is 11.8 Å². The molecule has 16 heavy (non-hydrogen) atoms. The van der Waals surface area contributed by atoms with Gasteiger partial charge in [-0.15, -0.1) is 0 Å². The van der Waals surface area contributed by atoms with Crippen LogP contribution in [-0.2, 0) is 22.5 Å². The monoisotopic (exact) mass is 220 g/mol. The first-order valence-electron chi connectivity index (χ1n) is 4.64. The number of hydrogen-bond acceptors (Lipinski definition) is 5. The van der Waals surface area contributed by atoms with Gasteiger partial charge in [0, 0.05) is 12.1 Å². The van der Waals surface area contributed by atoms with E-state index in [1.165, 1.54) is 13.2 Å². The van der Waals surface area contributed by atoms with Gasteiger partial charge in [-0.2, -0.15) is 5.26 Å². The maximum Gasteiger partial charge on any atom is 0.309 e. The van der Waals surface area contributed by atoms with Crippen molar-refractivity contribution in [1.29, 1.82) is 5.26 Å². The van der Waals surface area contributed by atoms with Gasteiger partial charge in [-0.3, -0.25) is 4.79 Å². The number of ether oxygens (including phenoxy) is 1. The highest BCUT2D eigenvalue weighted by Gasteiger charge is 2.11. The predicted octanol–water partition coefficient (Wildman–Crippen LogP) is 0.438. The molecule has 5 heteroatoms. The van der Waals surface area contributed by atoms with Crippen LogP contribution in [0.2, 0.25) is 0 Å². The SMILES string of the molecule is COC(=O)Cc1cc(C#N)c(O)c(CN)c1. The maximum absolute atomic E-state index is 11.1. The molecule has 0 bridgehead atoms. The van der Waals surface area contributed by atoms with Gasteiger partial charge in [-0.05, 0) is 11.6 Å². The Balaban J connectivity index is 3.13. The second kappa shape index (κ2) is 5.14. The van der Waals surface area contributed by atoms with E-state index in [4.69, 9.17) is 11.0 Å². The van der Waals surface area contributed by atoms with Gasteiger partial charge < -0.3 is 15.6 Å². The maximum atomic E-state index is 11.1. The molecule has 0 heterocycles. The summed E-state index contributed by atoms with van der Waals surface area (Å²) in [6, 6.07) is 4.88. The summed E-state index contributed by atoms with van der Waals surface area (Å²) in [5.74, 6) is -0.531. The lowest BCUT2D eigenvalue weighted by molar-refractivity contribution is -0.139. The number of carbonyl (C=O) groups is 1. The lowest BCUT2D eigenvalue weighted by Gasteiger charge is -2.07. The van der Waals surface area contributed by atoms with E-state index in [0.29, 0.717) is 11.1 Å². The van der Waals surface area contributed by atoms with Crippen LogP contribution in [0.4, 0.5) is 0 Å². The number of benzene rings is 1. The molecule has 84 valence electrons. The molecule has 0 aliphatic heterocycles. The van der Waals surface area contributed by atoms with Crippen molar-refractivity contribution in [2.75, 3.05) is 7.11 Å². The first kappa shape index (κ1) is 12.0. The standard InChI is InChI=1S/C11H12N2O3/c1-16-10(14)4-7-2-8(5-12)11(15)9(3-7)6-13/h2-3,15H,4-5,12H2,1H3. The van der Waals surface area contributed by atoms with Crippen molar-refractivity contribution in [1.82, 2.24) is 0 Å². The normalized spacial score (nSPS) is 9.56. The molecule has 0 amide bonds. The lowest BCUT2D eigenvalue weighted by Crippen LogP contribution is -2.06. The molecule has 0 aliphatic carbocycles. The number of nitrogens with zero attached hydrogens (tertiary/aromatic N) is 1. The van der Waals surface area contributed by atoms with E-state index in [-0.39, 0.29) is 24.3 Å². The van der Waals surface area contributed by atoms with Gasteiger partial charge in [0.15, 0.2) is 0 Å². The third-order valence-electron chi connectivity index (χ3n) is 2.17. The average molecular weight is 220 g/mol. The van der Waals surface area contributed by atoms with Gasteiger partial charge in [-0.25, -0.2) is 0 Å². The fraction of sp³-hybridized carbons (Fsp3) is 0.273. The summed E-state index contributed by atoms with van der Waals surface area (Å²) in [6.45, 7) is 0.107. The molecule has 1 aromatic rings. The van der Waals surface area contributed by atoms with Crippen molar-refractivity contribution < 1.29 is 14.6 Å². The number of aromatic hydroxyl groups is 1. The van der Waals surface area contributed by atoms with E-state index >= 15 is 0 Å². The minimum absolute atomic E-state index is 0.0540. The second-order valence-corrected chi connectivity index (χ2v) is 3.22. The first-order chi connectivity index (χ1) is 7.62. The Morgan fingerprint density at radius 1 is 1.62 bits per heavy atom. The molecule has 0 unspecified atom stereocenters. The molecule has 1 rings (SSSR count). The minimum Gasteiger partial charge on any atom is -0.506 e. The molecule has 0 fully saturated rings. The summed E-state index contributed by atoms with van der Waals surface area (Å²) in [5, 5.41) is 18.4. The van der Waals surface area contributed by atoms with Crippen LogP contribution in [0.5, 0.6) is 5.75 Å².